The maximum Gasteiger partial charge on any atom is 0.410 e. The Bertz CT molecular complexity index is 866. The number of aromatic nitrogens is 1. The van der Waals surface area contributed by atoms with Crippen LogP contribution < -0.4 is 0 Å². The zero-order chi connectivity index (χ0) is 18.9. The van der Waals surface area contributed by atoms with Gasteiger partial charge in [0.1, 0.15) is 5.60 Å². The number of amides is 1. The summed E-state index contributed by atoms with van der Waals surface area (Å²) in [6.07, 6.45) is 1.97. The number of carbonyl (C=O) groups is 1. The van der Waals surface area contributed by atoms with Crippen molar-refractivity contribution in [2.24, 2.45) is 0 Å². The number of sulfone groups is 1. The number of nitrogens with zero attached hydrogens (tertiary/aromatic N) is 2. The molecule has 142 valence electrons. The van der Waals surface area contributed by atoms with Crippen LogP contribution in [0.5, 0.6) is 0 Å². The van der Waals surface area contributed by atoms with Gasteiger partial charge in [-0.3, -0.25) is 0 Å². The lowest BCUT2D eigenvalue weighted by molar-refractivity contribution is 0.0124. The summed E-state index contributed by atoms with van der Waals surface area (Å²) in [5.74, 6) is -0.119. The number of hydrogen-bond acceptors (Lipinski definition) is 6. The maximum absolute atomic E-state index is 12.9. The van der Waals surface area contributed by atoms with Crippen LogP contribution in [0.15, 0.2) is 28.6 Å². The highest BCUT2D eigenvalue weighted by molar-refractivity contribution is 7.93. The Kier molecular flexibility index (Phi) is 5.25. The van der Waals surface area contributed by atoms with Gasteiger partial charge in [-0.15, -0.1) is 11.3 Å². The fourth-order valence-electron chi connectivity index (χ4n) is 3.04. The van der Waals surface area contributed by atoms with E-state index in [1.165, 1.54) is 11.3 Å². The van der Waals surface area contributed by atoms with Crippen molar-refractivity contribution in [2.75, 3.05) is 12.3 Å². The molecule has 6 nitrogen and oxygen atoms in total. The van der Waals surface area contributed by atoms with Crippen molar-refractivity contribution in [1.29, 1.82) is 0 Å². The van der Waals surface area contributed by atoms with Gasteiger partial charge in [0.2, 0.25) is 14.2 Å². The second-order valence-corrected chi connectivity index (χ2v) is 10.8. The molecular formula is C18H24N2O4S2. The topological polar surface area (TPSA) is 76.6 Å². The lowest BCUT2D eigenvalue weighted by Gasteiger charge is -2.36. The molecule has 1 aromatic carbocycles. The highest BCUT2D eigenvalue weighted by Gasteiger charge is 2.34. The van der Waals surface area contributed by atoms with Gasteiger partial charge in [0.25, 0.3) is 0 Å². The smallest absolute Gasteiger partial charge is 0.410 e. The van der Waals surface area contributed by atoms with Crippen LogP contribution >= 0.6 is 11.3 Å². The minimum Gasteiger partial charge on any atom is -0.444 e. The third kappa shape index (κ3) is 4.35. The molecule has 1 atom stereocenters. The van der Waals surface area contributed by atoms with Gasteiger partial charge in [-0.05, 0) is 52.2 Å². The summed E-state index contributed by atoms with van der Waals surface area (Å²) >= 11 is 1.18. The number of fused-ring (bicyclic) bond motifs is 1. The molecule has 2 heterocycles. The first-order valence-corrected chi connectivity index (χ1v) is 11.2. The molecule has 1 fully saturated rings. The van der Waals surface area contributed by atoms with Crippen LogP contribution in [0, 0.1) is 0 Å². The number of piperidine rings is 1. The molecule has 8 heteroatoms. The molecule has 0 N–H and O–H groups in total. The number of ether oxygens (including phenoxy) is 1. The van der Waals surface area contributed by atoms with Crippen molar-refractivity contribution in [1.82, 2.24) is 9.88 Å². The van der Waals surface area contributed by atoms with Gasteiger partial charge in [0.05, 0.1) is 16.0 Å². The minimum absolute atomic E-state index is 0.119. The second kappa shape index (κ2) is 7.15. The molecule has 3 rings (SSSR count). The van der Waals surface area contributed by atoms with E-state index in [0.717, 1.165) is 17.5 Å². The van der Waals surface area contributed by atoms with Gasteiger partial charge in [-0.1, -0.05) is 12.1 Å². The van der Waals surface area contributed by atoms with Crippen LogP contribution in [0.25, 0.3) is 10.2 Å². The second-order valence-electron chi connectivity index (χ2n) is 7.55. The number of carbonyl (C=O) groups excluding carboxylic acids is 1. The highest BCUT2D eigenvalue weighted by atomic mass is 32.2. The molecule has 1 saturated heterocycles. The van der Waals surface area contributed by atoms with Crippen LogP contribution in [0.3, 0.4) is 0 Å². The Labute approximate surface area is 158 Å². The van der Waals surface area contributed by atoms with Crippen LogP contribution in [-0.2, 0) is 14.6 Å². The lowest BCUT2D eigenvalue weighted by Crippen LogP contribution is -2.48. The Morgan fingerprint density at radius 2 is 2.04 bits per heavy atom. The number of rotatable bonds is 3. The number of para-hydroxylation sites is 1. The van der Waals surface area contributed by atoms with Gasteiger partial charge >= 0.3 is 6.09 Å². The first-order chi connectivity index (χ1) is 12.2. The van der Waals surface area contributed by atoms with Gasteiger partial charge in [-0.25, -0.2) is 18.2 Å². The summed E-state index contributed by atoms with van der Waals surface area (Å²) in [5, 5.41) is 0. The van der Waals surface area contributed by atoms with E-state index in [1.54, 1.807) is 11.0 Å². The van der Waals surface area contributed by atoms with Crippen molar-refractivity contribution < 1.29 is 17.9 Å². The van der Waals surface area contributed by atoms with Crippen LogP contribution in [-0.4, -0.2) is 48.3 Å². The fourth-order valence-corrected chi connectivity index (χ4v) is 5.95. The third-order valence-corrected chi connectivity index (χ3v) is 7.50. The maximum atomic E-state index is 12.9. The average molecular weight is 397 g/mol. The van der Waals surface area contributed by atoms with Crippen molar-refractivity contribution >= 4 is 37.5 Å². The summed E-state index contributed by atoms with van der Waals surface area (Å²) in [6, 6.07) is 6.99. The summed E-state index contributed by atoms with van der Waals surface area (Å²) in [5.41, 5.74) is 0.0778. The van der Waals surface area contributed by atoms with Gasteiger partial charge in [-0.2, -0.15) is 0 Å². The minimum atomic E-state index is -3.57. The summed E-state index contributed by atoms with van der Waals surface area (Å²) in [4.78, 5) is 18.3. The lowest BCUT2D eigenvalue weighted by atomic mass is 10.0. The normalized spacial score (nSPS) is 18.9. The molecule has 1 aliphatic heterocycles. The summed E-state index contributed by atoms with van der Waals surface area (Å²) in [6.45, 7) is 5.94. The number of likely N-dealkylation sites (tertiary alicyclic amines) is 1. The van der Waals surface area contributed by atoms with Gasteiger partial charge in [0, 0.05) is 12.6 Å². The van der Waals surface area contributed by atoms with Gasteiger partial charge < -0.3 is 9.64 Å². The molecular weight excluding hydrogens is 372 g/mol. The van der Waals surface area contributed by atoms with E-state index in [4.69, 9.17) is 4.74 Å². The van der Waals surface area contributed by atoms with E-state index >= 15 is 0 Å². The van der Waals surface area contributed by atoms with Crippen molar-refractivity contribution in [3.05, 3.63) is 24.3 Å². The highest BCUT2D eigenvalue weighted by Crippen LogP contribution is 2.28. The zero-order valence-corrected chi connectivity index (χ0v) is 16.9. The fraction of sp³-hybridized carbons (Fsp3) is 0.556. The molecule has 1 aliphatic rings. The molecule has 1 aromatic heterocycles. The number of thiazole rings is 1. The quantitative estimate of drug-likeness (QED) is 0.787. The molecule has 26 heavy (non-hydrogen) atoms. The SMILES string of the molecule is CC(C)(C)OC(=O)N1CCCC[C@H]1CS(=O)(=O)c1nc2ccccc2s1. The molecule has 0 bridgehead atoms. The Morgan fingerprint density at radius 3 is 2.73 bits per heavy atom. The largest absolute Gasteiger partial charge is 0.444 e. The summed E-state index contributed by atoms with van der Waals surface area (Å²) < 4.78 is 32.2. The van der Waals surface area contributed by atoms with E-state index < -0.39 is 21.5 Å². The van der Waals surface area contributed by atoms with E-state index in [1.807, 2.05) is 39.0 Å². The first-order valence-electron chi connectivity index (χ1n) is 8.74. The van der Waals surface area contributed by atoms with Crippen LogP contribution in [0.4, 0.5) is 4.79 Å². The molecule has 0 saturated carbocycles. The molecule has 0 spiro atoms. The summed E-state index contributed by atoms with van der Waals surface area (Å²) in [7, 11) is -3.57. The van der Waals surface area contributed by atoms with Gasteiger partial charge in [0.15, 0.2) is 0 Å². The van der Waals surface area contributed by atoms with Crippen molar-refractivity contribution in [3.63, 3.8) is 0 Å². The monoisotopic (exact) mass is 396 g/mol. The number of benzene rings is 1. The van der Waals surface area contributed by atoms with E-state index in [9.17, 15) is 13.2 Å². The first kappa shape index (κ1) is 19.1. The Balaban J connectivity index is 1.81. The molecule has 0 unspecified atom stereocenters. The van der Waals surface area contributed by atoms with E-state index in [0.29, 0.717) is 18.5 Å². The van der Waals surface area contributed by atoms with E-state index in [2.05, 4.69) is 4.98 Å². The van der Waals surface area contributed by atoms with Crippen molar-refractivity contribution in [2.45, 2.75) is 56.0 Å². The Morgan fingerprint density at radius 1 is 1.31 bits per heavy atom. The standard InChI is InChI=1S/C18H24N2O4S2/c1-18(2,3)24-17(21)20-11-7-6-8-13(20)12-26(22,23)16-19-14-9-4-5-10-15(14)25-16/h4-5,9-10,13H,6-8,11-12H2,1-3H3/t13-/m0/s1. The number of hydrogen-bond donors (Lipinski definition) is 0. The van der Waals surface area contributed by atoms with Crippen molar-refractivity contribution in [3.8, 4) is 0 Å². The predicted molar refractivity (Wildman–Crippen MR) is 102 cm³/mol. The predicted octanol–water partition coefficient (Wildman–Crippen LogP) is 3.86. The average Bonchev–Trinajstić information content (AvgIpc) is 2.98. The van der Waals surface area contributed by atoms with Crippen LogP contribution in [0.1, 0.15) is 40.0 Å². The van der Waals surface area contributed by atoms with E-state index in [-0.39, 0.29) is 16.1 Å². The zero-order valence-electron chi connectivity index (χ0n) is 15.3. The molecule has 2 aromatic rings. The third-order valence-electron chi connectivity index (χ3n) is 4.21. The van der Waals surface area contributed by atoms with Crippen LogP contribution in [0.2, 0.25) is 0 Å². The molecule has 1 amide bonds. The molecule has 0 aliphatic carbocycles. The Hall–Kier alpha value is -1.67. The molecule has 0 radical (unpaired) electrons.